The Bertz CT molecular complexity index is 247. The molecule has 0 spiro atoms. The first kappa shape index (κ1) is 9.64. The molecule has 0 saturated carbocycles. The summed E-state index contributed by atoms with van der Waals surface area (Å²) in [4.78, 5) is 10.6. The third kappa shape index (κ3) is 1.50. The summed E-state index contributed by atoms with van der Waals surface area (Å²) in [6.07, 6.45) is 5.42. The Balaban J connectivity index is 2.98. The zero-order valence-electron chi connectivity index (χ0n) is 6.53. The van der Waals surface area contributed by atoms with Gasteiger partial charge in [0.1, 0.15) is 12.2 Å². The maximum atomic E-state index is 10.6. The van der Waals surface area contributed by atoms with Gasteiger partial charge in [0, 0.05) is 11.6 Å². The van der Waals surface area contributed by atoms with E-state index in [2.05, 4.69) is 15.9 Å². The molecule has 0 aromatic rings. The lowest BCUT2D eigenvalue weighted by molar-refractivity contribution is -0.173. The van der Waals surface area contributed by atoms with Gasteiger partial charge in [-0.25, -0.2) is 0 Å². The Kier molecular flexibility index (Phi) is 2.82. The summed E-state index contributed by atoms with van der Waals surface area (Å²) in [6.45, 7) is 0. The molecule has 4 heteroatoms. The normalized spacial score (nSPS) is 34.6. The molecule has 1 rings (SSSR count). The lowest BCUT2D eigenvalue weighted by atomic mass is 9.95. The van der Waals surface area contributed by atoms with E-state index in [0.29, 0.717) is 10.8 Å². The predicted molar refractivity (Wildman–Crippen MR) is 47.7 cm³/mol. The van der Waals surface area contributed by atoms with Gasteiger partial charge in [-0.3, -0.25) is 0 Å². The van der Waals surface area contributed by atoms with Crippen LogP contribution < -0.4 is 0 Å². The van der Waals surface area contributed by atoms with Gasteiger partial charge in [-0.1, -0.05) is 28.1 Å². The molecule has 12 heavy (non-hydrogen) atoms. The number of carbonyl (C=O) groups is 1. The maximum Gasteiger partial charge on any atom is 0.199 e. The van der Waals surface area contributed by atoms with E-state index in [-0.39, 0.29) is 0 Å². The Labute approximate surface area is 78.8 Å². The summed E-state index contributed by atoms with van der Waals surface area (Å²) in [5.74, 6) is -2.18. The SMILES string of the molecule is CO[C@@]1(O)C=CC=C(Br)[C@@H]1C=O. The van der Waals surface area contributed by atoms with Gasteiger partial charge in [0.2, 0.25) is 0 Å². The number of carbonyl (C=O) groups excluding carboxylic acids is 1. The molecule has 3 nitrogen and oxygen atoms in total. The zero-order valence-corrected chi connectivity index (χ0v) is 8.11. The number of aliphatic hydroxyl groups is 1. The number of rotatable bonds is 2. The van der Waals surface area contributed by atoms with Crippen molar-refractivity contribution in [2.75, 3.05) is 7.11 Å². The maximum absolute atomic E-state index is 10.6. The second-order valence-electron chi connectivity index (χ2n) is 2.48. The first-order valence-corrected chi connectivity index (χ1v) is 4.21. The Morgan fingerprint density at radius 1 is 1.83 bits per heavy atom. The standard InChI is InChI=1S/C8H9BrO3/c1-12-8(11)4-2-3-7(9)6(8)5-10/h2-6,11H,1H3/t6-,8-/m0/s1. The van der Waals surface area contributed by atoms with Crippen molar-refractivity contribution in [2.45, 2.75) is 5.79 Å². The van der Waals surface area contributed by atoms with Crippen molar-refractivity contribution in [3.05, 3.63) is 22.7 Å². The van der Waals surface area contributed by atoms with Crippen LogP contribution in [0, 0.1) is 5.92 Å². The van der Waals surface area contributed by atoms with Crippen LogP contribution in [0.2, 0.25) is 0 Å². The number of hydrogen-bond acceptors (Lipinski definition) is 3. The summed E-state index contributed by atoms with van der Waals surface area (Å²) in [5, 5.41) is 9.70. The first-order chi connectivity index (χ1) is 5.64. The smallest absolute Gasteiger partial charge is 0.199 e. The Hall–Kier alpha value is -0.450. The van der Waals surface area contributed by atoms with E-state index in [0.717, 1.165) is 0 Å². The summed E-state index contributed by atoms with van der Waals surface area (Å²) >= 11 is 3.17. The van der Waals surface area contributed by atoms with Crippen molar-refractivity contribution in [1.82, 2.24) is 0 Å². The van der Waals surface area contributed by atoms with Crippen LogP contribution in [-0.2, 0) is 9.53 Å². The molecule has 0 amide bonds. The van der Waals surface area contributed by atoms with Gasteiger partial charge < -0.3 is 14.6 Å². The fraction of sp³-hybridized carbons (Fsp3) is 0.375. The molecule has 1 aliphatic rings. The van der Waals surface area contributed by atoms with Crippen molar-refractivity contribution in [3.63, 3.8) is 0 Å². The molecule has 1 N–H and O–H groups in total. The van der Waals surface area contributed by atoms with Gasteiger partial charge in [-0.2, -0.15) is 0 Å². The molecule has 0 radical (unpaired) electrons. The number of aldehydes is 1. The molecular weight excluding hydrogens is 224 g/mol. The van der Waals surface area contributed by atoms with Crippen LogP contribution in [0.5, 0.6) is 0 Å². The number of allylic oxidation sites excluding steroid dienone is 2. The molecule has 0 unspecified atom stereocenters. The van der Waals surface area contributed by atoms with Gasteiger partial charge in [0.05, 0.1) is 0 Å². The highest BCUT2D eigenvalue weighted by atomic mass is 79.9. The minimum atomic E-state index is -1.50. The fourth-order valence-corrected chi connectivity index (χ4v) is 1.63. The number of methoxy groups -OCH3 is 1. The second-order valence-corrected chi connectivity index (χ2v) is 3.40. The Morgan fingerprint density at radius 2 is 2.50 bits per heavy atom. The van der Waals surface area contributed by atoms with Gasteiger partial charge in [0.25, 0.3) is 0 Å². The lowest BCUT2D eigenvalue weighted by Crippen LogP contribution is -2.40. The molecule has 0 aromatic heterocycles. The highest BCUT2D eigenvalue weighted by molar-refractivity contribution is 9.11. The summed E-state index contributed by atoms with van der Waals surface area (Å²) < 4.78 is 5.43. The van der Waals surface area contributed by atoms with Crippen LogP contribution in [0.4, 0.5) is 0 Å². The van der Waals surface area contributed by atoms with E-state index in [1.807, 2.05) is 0 Å². The van der Waals surface area contributed by atoms with Gasteiger partial charge in [0.15, 0.2) is 5.79 Å². The summed E-state index contributed by atoms with van der Waals surface area (Å²) in [6, 6.07) is 0. The summed E-state index contributed by atoms with van der Waals surface area (Å²) in [5.41, 5.74) is 0. The molecule has 2 atom stereocenters. The van der Waals surface area contributed by atoms with Gasteiger partial charge in [-0.15, -0.1) is 0 Å². The van der Waals surface area contributed by atoms with E-state index in [9.17, 15) is 9.90 Å². The predicted octanol–water partition coefficient (Wildman–Crippen LogP) is 0.985. The van der Waals surface area contributed by atoms with Crippen molar-refractivity contribution >= 4 is 22.2 Å². The molecule has 0 bridgehead atoms. The zero-order chi connectivity index (χ0) is 9.19. The Morgan fingerprint density at radius 3 is 2.92 bits per heavy atom. The molecule has 1 aliphatic carbocycles. The van der Waals surface area contributed by atoms with Crippen molar-refractivity contribution in [2.24, 2.45) is 5.92 Å². The van der Waals surface area contributed by atoms with Crippen LogP contribution in [0.1, 0.15) is 0 Å². The molecule has 0 aromatic carbocycles. The topological polar surface area (TPSA) is 46.5 Å². The van der Waals surface area contributed by atoms with Crippen LogP contribution >= 0.6 is 15.9 Å². The average molecular weight is 233 g/mol. The number of hydrogen-bond donors (Lipinski definition) is 1. The third-order valence-corrected chi connectivity index (χ3v) is 2.55. The second kappa shape index (κ2) is 3.51. The quantitative estimate of drug-likeness (QED) is 0.571. The lowest BCUT2D eigenvalue weighted by Gasteiger charge is -2.30. The number of ether oxygens (including phenoxy) is 1. The highest BCUT2D eigenvalue weighted by Gasteiger charge is 2.37. The largest absolute Gasteiger partial charge is 0.361 e. The van der Waals surface area contributed by atoms with E-state index < -0.39 is 11.7 Å². The van der Waals surface area contributed by atoms with Crippen molar-refractivity contribution in [3.8, 4) is 0 Å². The molecular formula is C8H9BrO3. The minimum Gasteiger partial charge on any atom is -0.361 e. The average Bonchev–Trinajstić information content (AvgIpc) is 2.05. The van der Waals surface area contributed by atoms with E-state index in [1.165, 1.54) is 13.2 Å². The van der Waals surface area contributed by atoms with Crippen LogP contribution in [0.25, 0.3) is 0 Å². The van der Waals surface area contributed by atoms with Crippen LogP contribution in [0.15, 0.2) is 22.7 Å². The third-order valence-electron chi connectivity index (χ3n) is 1.80. The number of halogens is 1. The summed E-state index contributed by atoms with van der Waals surface area (Å²) in [7, 11) is 1.35. The monoisotopic (exact) mass is 232 g/mol. The van der Waals surface area contributed by atoms with Crippen molar-refractivity contribution in [1.29, 1.82) is 0 Å². The molecule has 0 aliphatic heterocycles. The van der Waals surface area contributed by atoms with E-state index >= 15 is 0 Å². The van der Waals surface area contributed by atoms with Crippen LogP contribution in [-0.4, -0.2) is 24.3 Å². The van der Waals surface area contributed by atoms with Gasteiger partial charge >= 0.3 is 0 Å². The van der Waals surface area contributed by atoms with E-state index in [1.54, 1.807) is 12.2 Å². The first-order valence-electron chi connectivity index (χ1n) is 3.42. The minimum absolute atomic E-state index is 0.615. The molecule has 0 heterocycles. The van der Waals surface area contributed by atoms with Crippen molar-refractivity contribution < 1.29 is 14.6 Å². The fourth-order valence-electron chi connectivity index (χ4n) is 1.04. The molecule has 0 fully saturated rings. The van der Waals surface area contributed by atoms with Crippen LogP contribution in [0.3, 0.4) is 0 Å². The molecule has 66 valence electrons. The highest BCUT2D eigenvalue weighted by Crippen LogP contribution is 2.32. The van der Waals surface area contributed by atoms with Gasteiger partial charge in [-0.05, 0) is 6.08 Å². The van der Waals surface area contributed by atoms with E-state index in [4.69, 9.17) is 4.74 Å². The molecule has 0 saturated heterocycles.